The Morgan fingerprint density at radius 1 is 1.48 bits per heavy atom. The molecule has 0 unspecified atom stereocenters. The van der Waals surface area contributed by atoms with Gasteiger partial charge in [-0.1, -0.05) is 0 Å². The van der Waals surface area contributed by atoms with Gasteiger partial charge in [0.25, 0.3) is 0 Å². The van der Waals surface area contributed by atoms with Gasteiger partial charge >= 0.3 is 0 Å². The number of aromatic nitrogens is 1. The van der Waals surface area contributed by atoms with Crippen LogP contribution in [0.2, 0.25) is 0 Å². The molecule has 0 saturated carbocycles. The first-order valence-electron chi connectivity index (χ1n) is 7.19. The number of carbonyl (C=O) groups excluding carboxylic acids is 1. The van der Waals surface area contributed by atoms with Crippen molar-refractivity contribution in [2.45, 2.75) is 51.1 Å². The van der Waals surface area contributed by atoms with Gasteiger partial charge < -0.3 is 5.32 Å². The third-order valence-electron chi connectivity index (χ3n) is 3.40. The van der Waals surface area contributed by atoms with Crippen LogP contribution < -0.4 is 5.32 Å². The second kappa shape index (κ2) is 7.32. The Kier molecular flexibility index (Phi) is 5.45. The Balaban J connectivity index is 1.55. The summed E-state index contributed by atoms with van der Waals surface area (Å²) in [6.45, 7) is 2.59. The molecular weight excluding hydrogens is 284 g/mol. The Hall–Kier alpha value is -1.74. The van der Waals surface area contributed by atoms with E-state index in [-0.39, 0.29) is 11.6 Å². The molecule has 0 bridgehead atoms. The summed E-state index contributed by atoms with van der Waals surface area (Å²) >= 11 is 1.65. The van der Waals surface area contributed by atoms with Crippen LogP contribution in [-0.4, -0.2) is 23.1 Å². The number of hydrogen-bond donors (Lipinski definition) is 1. The summed E-state index contributed by atoms with van der Waals surface area (Å²) in [4.78, 5) is 16.1. The van der Waals surface area contributed by atoms with Crippen LogP contribution in [0.25, 0.3) is 0 Å². The van der Waals surface area contributed by atoms with Crippen molar-refractivity contribution in [2.75, 3.05) is 6.54 Å². The van der Waals surface area contributed by atoms with E-state index in [4.69, 9.17) is 6.42 Å². The maximum atomic E-state index is 11.7. The van der Waals surface area contributed by atoms with Crippen molar-refractivity contribution in [3.63, 3.8) is 0 Å². The van der Waals surface area contributed by atoms with Gasteiger partial charge in [0.05, 0.1) is 10.7 Å². The molecule has 0 atom stereocenters. The topological polar surface area (TPSA) is 66.7 Å². The van der Waals surface area contributed by atoms with E-state index >= 15 is 0 Å². The van der Waals surface area contributed by atoms with Crippen LogP contribution in [0, 0.1) is 19.3 Å². The van der Waals surface area contributed by atoms with Crippen LogP contribution >= 0.6 is 11.3 Å². The van der Waals surface area contributed by atoms with Crippen molar-refractivity contribution in [1.82, 2.24) is 10.3 Å². The monoisotopic (exact) mass is 304 g/mol. The largest absolute Gasteiger partial charge is 0.356 e. The third kappa shape index (κ3) is 5.27. The van der Waals surface area contributed by atoms with E-state index in [1.54, 1.807) is 11.3 Å². The van der Waals surface area contributed by atoms with E-state index in [0.717, 1.165) is 36.4 Å². The fraction of sp³-hybridized carbons (Fsp3) is 0.600. The fourth-order valence-corrected chi connectivity index (χ4v) is 2.76. The van der Waals surface area contributed by atoms with Crippen LogP contribution in [0.15, 0.2) is 15.6 Å². The highest BCUT2D eigenvalue weighted by molar-refractivity contribution is 7.09. The molecule has 0 aromatic carbocycles. The number of terminal acetylenes is 1. The van der Waals surface area contributed by atoms with E-state index in [2.05, 4.69) is 31.8 Å². The lowest BCUT2D eigenvalue weighted by Gasteiger charge is -2.09. The van der Waals surface area contributed by atoms with Crippen LogP contribution in [0.1, 0.15) is 42.8 Å². The number of rotatable bonds is 9. The quantitative estimate of drug-likeness (QED) is 0.713. The minimum absolute atomic E-state index is 0.0784. The molecular formula is C15H20N4OS. The van der Waals surface area contributed by atoms with Crippen LogP contribution in [0.3, 0.4) is 0 Å². The summed E-state index contributed by atoms with van der Waals surface area (Å²) in [5.41, 5.74) is 0.770. The molecule has 0 aliphatic carbocycles. The van der Waals surface area contributed by atoms with Gasteiger partial charge in [0.15, 0.2) is 5.66 Å². The van der Waals surface area contributed by atoms with Crippen LogP contribution in [0.5, 0.6) is 0 Å². The molecule has 0 radical (unpaired) electrons. The fourth-order valence-electron chi connectivity index (χ4n) is 2.11. The van der Waals surface area contributed by atoms with Gasteiger partial charge in [0, 0.05) is 37.6 Å². The molecule has 1 aromatic heterocycles. The van der Waals surface area contributed by atoms with Crippen molar-refractivity contribution in [3.05, 3.63) is 16.1 Å². The number of aryl methyl sites for hydroxylation is 2. The Morgan fingerprint density at radius 2 is 2.29 bits per heavy atom. The maximum absolute atomic E-state index is 11.7. The van der Waals surface area contributed by atoms with Crippen molar-refractivity contribution in [3.8, 4) is 12.3 Å². The van der Waals surface area contributed by atoms with Gasteiger partial charge in [0.2, 0.25) is 5.91 Å². The SMILES string of the molecule is C#CCCC1(CCNC(=O)CCCc2csc(C)n2)N=N1. The van der Waals surface area contributed by atoms with Crippen LogP contribution in [0.4, 0.5) is 0 Å². The van der Waals surface area contributed by atoms with E-state index in [1.807, 2.05) is 6.92 Å². The zero-order chi connectivity index (χ0) is 15.1. The van der Waals surface area contributed by atoms with E-state index in [1.165, 1.54) is 0 Å². The molecule has 5 nitrogen and oxygen atoms in total. The molecule has 1 aliphatic rings. The molecule has 1 aromatic rings. The number of nitrogens with zero attached hydrogens (tertiary/aromatic N) is 3. The number of hydrogen-bond acceptors (Lipinski definition) is 5. The molecule has 0 fully saturated rings. The standard InChI is InChI=1S/C15H20N4OS/c1-3-4-8-15(18-19-15)9-10-16-14(20)7-5-6-13-11-21-12(2)17-13/h1,11H,4-10H2,2H3,(H,16,20). The lowest BCUT2D eigenvalue weighted by molar-refractivity contribution is -0.121. The summed E-state index contributed by atoms with van der Waals surface area (Å²) < 4.78 is 0. The normalized spacial score (nSPS) is 14.7. The predicted octanol–water partition coefficient (Wildman–Crippen LogP) is 2.86. The molecule has 0 spiro atoms. The smallest absolute Gasteiger partial charge is 0.220 e. The highest BCUT2D eigenvalue weighted by Gasteiger charge is 2.38. The van der Waals surface area contributed by atoms with Crippen LogP contribution in [-0.2, 0) is 11.2 Å². The summed E-state index contributed by atoms with van der Waals surface area (Å²) in [6.07, 6.45) is 9.64. The van der Waals surface area contributed by atoms with Gasteiger partial charge in [-0.2, -0.15) is 10.2 Å². The summed E-state index contributed by atoms with van der Waals surface area (Å²) in [6, 6.07) is 0. The summed E-state index contributed by atoms with van der Waals surface area (Å²) in [5.74, 6) is 2.67. The van der Waals surface area contributed by atoms with Gasteiger partial charge in [-0.3, -0.25) is 4.79 Å². The van der Waals surface area contributed by atoms with Crippen molar-refractivity contribution < 1.29 is 4.79 Å². The van der Waals surface area contributed by atoms with Gasteiger partial charge in [-0.25, -0.2) is 4.98 Å². The first-order chi connectivity index (χ1) is 10.1. The van der Waals surface area contributed by atoms with Gasteiger partial charge in [-0.15, -0.1) is 23.7 Å². The molecule has 21 heavy (non-hydrogen) atoms. The Morgan fingerprint density at radius 3 is 2.90 bits per heavy atom. The predicted molar refractivity (Wildman–Crippen MR) is 83.1 cm³/mol. The molecule has 0 saturated heterocycles. The molecule has 2 rings (SSSR count). The maximum Gasteiger partial charge on any atom is 0.220 e. The lowest BCUT2D eigenvalue weighted by atomic mass is 10.0. The first-order valence-corrected chi connectivity index (χ1v) is 8.07. The average molecular weight is 304 g/mol. The zero-order valence-corrected chi connectivity index (χ0v) is 13.1. The number of thiazole rings is 1. The number of nitrogens with one attached hydrogen (secondary N) is 1. The second-order valence-electron chi connectivity index (χ2n) is 5.20. The molecule has 1 aliphatic heterocycles. The number of carbonyl (C=O) groups is 1. The summed E-state index contributed by atoms with van der Waals surface area (Å²) in [7, 11) is 0. The zero-order valence-electron chi connectivity index (χ0n) is 12.3. The second-order valence-corrected chi connectivity index (χ2v) is 6.26. The van der Waals surface area contributed by atoms with Gasteiger partial charge in [0.1, 0.15) is 0 Å². The lowest BCUT2D eigenvalue weighted by Crippen LogP contribution is -2.28. The van der Waals surface area contributed by atoms with Crippen molar-refractivity contribution in [2.24, 2.45) is 10.2 Å². The number of amides is 1. The highest BCUT2D eigenvalue weighted by atomic mass is 32.1. The van der Waals surface area contributed by atoms with E-state index < -0.39 is 0 Å². The highest BCUT2D eigenvalue weighted by Crippen LogP contribution is 2.35. The van der Waals surface area contributed by atoms with Crippen molar-refractivity contribution >= 4 is 17.2 Å². The Bertz CT molecular complexity index is 552. The van der Waals surface area contributed by atoms with E-state index in [9.17, 15) is 4.79 Å². The Labute approximate surface area is 129 Å². The molecule has 1 N–H and O–H groups in total. The minimum Gasteiger partial charge on any atom is -0.356 e. The molecule has 2 heterocycles. The molecule has 112 valence electrons. The van der Waals surface area contributed by atoms with Gasteiger partial charge in [-0.05, 0) is 19.8 Å². The first kappa shape index (κ1) is 15.6. The van der Waals surface area contributed by atoms with Crippen molar-refractivity contribution in [1.29, 1.82) is 0 Å². The van der Waals surface area contributed by atoms with E-state index in [0.29, 0.717) is 19.4 Å². The minimum atomic E-state index is -0.308. The molecule has 6 heteroatoms. The average Bonchev–Trinajstić information content (AvgIpc) is 3.11. The third-order valence-corrected chi connectivity index (χ3v) is 4.23. The summed E-state index contributed by atoms with van der Waals surface area (Å²) in [5, 5.41) is 14.1. The molecule has 1 amide bonds.